The summed E-state index contributed by atoms with van der Waals surface area (Å²) < 4.78 is 1.97. The van der Waals surface area contributed by atoms with Crippen molar-refractivity contribution in [1.29, 1.82) is 0 Å². The van der Waals surface area contributed by atoms with Crippen molar-refractivity contribution in [3.63, 3.8) is 0 Å². The lowest BCUT2D eigenvalue weighted by Gasteiger charge is -2.21. The third-order valence-corrected chi connectivity index (χ3v) is 3.85. The van der Waals surface area contributed by atoms with Crippen molar-refractivity contribution >= 4 is 10.9 Å². The molecule has 0 saturated heterocycles. The van der Waals surface area contributed by atoms with Crippen molar-refractivity contribution in [3.05, 3.63) is 30.0 Å². The Morgan fingerprint density at radius 3 is 2.81 bits per heavy atom. The highest BCUT2D eigenvalue weighted by Gasteiger charge is 2.16. The van der Waals surface area contributed by atoms with Gasteiger partial charge in [0.25, 0.3) is 0 Å². The molecule has 0 atom stereocenters. The molecule has 0 aliphatic heterocycles. The van der Waals surface area contributed by atoms with Crippen LogP contribution in [0, 0.1) is 0 Å². The third-order valence-electron chi connectivity index (χ3n) is 3.85. The first-order chi connectivity index (χ1) is 7.84. The average Bonchev–Trinajstić information content (AvgIpc) is 2.72. The molecule has 84 valence electrons. The Morgan fingerprint density at radius 1 is 1.19 bits per heavy atom. The van der Waals surface area contributed by atoms with Gasteiger partial charge in [0.1, 0.15) is 0 Å². The van der Waals surface area contributed by atoms with E-state index in [0.29, 0.717) is 0 Å². The first-order valence-corrected chi connectivity index (χ1v) is 6.26. The molecule has 0 bridgehead atoms. The largest absolute Gasteiger partial charge is 0.268 e. The summed E-state index contributed by atoms with van der Waals surface area (Å²) in [7, 11) is 2.02. The quantitative estimate of drug-likeness (QED) is 0.709. The number of hydrogen-bond donors (Lipinski definition) is 0. The molecule has 1 aromatic carbocycles. The minimum absolute atomic E-state index is 0.785. The number of aryl methyl sites for hydroxylation is 1. The number of rotatable bonds is 1. The maximum absolute atomic E-state index is 4.30. The Bertz CT molecular complexity index is 492. The van der Waals surface area contributed by atoms with E-state index in [-0.39, 0.29) is 0 Å². The summed E-state index contributed by atoms with van der Waals surface area (Å²) in [5.41, 5.74) is 2.78. The van der Waals surface area contributed by atoms with Gasteiger partial charge in [0.05, 0.1) is 11.7 Å². The van der Waals surface area contributed by atoms with Gasteiger partial charge in [-0.15, -0.1) is 0 Å². The number of aromatic nitrogens is 2. The van der Waals surface area contributed by atoms with E-state index in [1.165, 1.54) is 48.6 Å². The zero-order valence-electron chi connectivity index (χ0n) is 9.82. The van der Waals surface area contributed by atoms with Crippen molar-refractivity contribution in [1.82, 2.24) is 9.78 Å². The SMILES string of the molecule is Cn1ncc2ccc(C3CCCCC3)cc21. The molecule has 16 heavy (non-hydrogen) atoms. The molecule has 3 rings (SSSR count). The summed E-state index contributed by atoms with van der Waals surface area (Å²) in [5, 5.41) is 5.55. The van der Waals surface area contributed by atoms with Gasteiger partial charge in [0, 0.05) is 12.4 Å². The van der Waals surface area contributed by atoms with Crippen molar-refractivity contribution < 1.29 is 0 Å². The number of benzene rings is 1. The molecule has 1 aliphatic rings. The molecule has 0 spiro atoms. The van der Waals surface area contributed by atoms with E-state index in [2.05, 4.69) is 23.3 Å². The molecule has 2 heteroatoms. The second-order valence-corrected chi connectivity index (χ2v) is 4.92. The lowest BCUT2D eigenvalue weighted by Crippen LogP contribution is -2.04. The first-order valence-electron chi connectivity index (χ1n) is 6.26. The lowest BCUT2D eigenvalue weighted by molar-refractivity contribution is 0.444. The highest BCUT2D eigenvalue weighted by Crippen LogP contribution is 2.33. The number of nitrogens with zero attached hydrogens (tertiary/aromatic N) is 2. The third kappa shape index (κ3) is 1.62. The van der Waals surface area contributed by atoms with Crippen molar-refractivity contribution in [2.75, 3.05) is 0 Å². The molecule has 1 fully saturated rings. The van der Waals surface area contributed by atoms with E-state index >= 15 is 0 Å². The molecule has 2 nitrogen and oxygen atoms in total. The van der Waals surface area contributed by atoms with Gasteiger partial charge in [0.15, 0.2) is 0 Å². The Hall–Kier alpha value is -1.31. The molecule has 1 aliphatic carbocycles. The fraction of sp³-hybridized carbons (Fsp3) is 0.500. The highest BCUT2D eigenvalue weighted by atomic mass is 15.2. The molecule has 0 N–H and O–H groups in total. The molecule has 1 heterocycles. The van der Waals surface area contributed by atoms with Gasteiger partial charge < -0.3 is 0 Å². The van der Waals surface area contributed by atoms with Crippen LogP contribution in [0.3, 0.4) is 0 Å². The maximum Gasteiger partial charge on any atom is 0.0681 e. The Kier molecular flexibility index (Phi) is 2.43. The second kappa shape index (κ2) is 3.93. The maximum atomic E-state index is 4.30. The highest BCUT2D eigenvalue weighted by molar-refractivity contribution is 5.79. The van der Waals surface area contributed by atoms with Crippen LogP contribution in [0.5, 0.6) is 0 Å². The first kappa shape index (κ1) is 9.88. The van der Waals surface area contributed by atoms with Crippen LogP contribution in [0.2, 0.25) is 0 Å². The Morgan fingerprint density at radius 2 is 2.00 bits per heavy atom. The van der Waals surface area contributed by atoms with Crippen LogP contribution in [-0.4, -0.2) is 9.78 Å². The van der Waals surface area contributed by atoms with Gasteiger partial charge in [0.2, 0.25) is 0 Å². The fourth-order valence-electron chi connectivity index (χ4n) is 2.85. The summed E-state index contributed by atoms with van der Waals surface area (Å²) in [5.74, 6) is 0.785. The zero-order valence-corrected chi connectivity index (χ0v) is 9.82. The number of fused-ring (bicyclic) bond motifs is 1. The molecule has 0 unspecified atom stereocenters. The second-order valence-electron chi connectivity index (χ2n) is 4.92. The van der Waals surface area contributed by atoms with Crippen LogP contribution in [0.4, 0.5) is 0 Å². The smallest absolute Gasteiger partial charge is 0.0681 e. The van der Waals surface area contributed by atoms with E-state index in [4.69, 9.17) is 0 Å². The van der Waals surface area contributed by atoms with Gasteiger partial charge in [-0.25, -0.2) is 0 Å². The summed E-state index contributed by atoms with van der Waals surface area (Å²) in [6, 6.07) is 6.84. The van der Waals surface area contributed by atoms with Gasteiger partial charge in [-0.1, -0.05) is 31.4 Å². The van der Waals surface area contributed by atoms with Crippen molar-refractivity contribution in [2.45, 2.75) is 38.0 Å². The minimum atomic E-state index is 0.785. The molecule has 0 radical (unpaired) electrons. The molecule has 1 saturated carbocycles. The van der Waals surface area contributed by atoms with Crippen molar-refractivity contribution in [3.8, 4) is 0 Å². The van der Waals surface area contributed by atoms with Gasteiger partial charge >= 0.3 is 0 Å². The monoisotopic (exact) mass is 214 g/mol. The van der Waals surface area contributed by atoms with Crippen LogP contribution in [0.1, 0.15) is 43.6 Å². The predicted molar refractivity (Wildman–Crippen MR) is 66.5 cm³/mol. The molecule has 0 amide bonds. The van der Waals surface area contributed by atoms with Gasteiger partial charge in [-0.3, -0.25) is 4.68 Å². The molecular weight excluding hydrogens is 196 g/mol. The van der Waals surface area contributed by atoms with Crippen LogP contribution in [0.25, 0.3) is 10.9 Å². The van der Waals surface area contributed by atoms with Crippen LogP contribution < -0.4 is 0 Å². The average molecular weight is 214 g/mol. The standard InChI is InChI=1S/C14H18N2/c1-16-14-9-12(7-8-13(14)10-15-16)11-5-3-2-4-6-11/h7-11H,2-6H2,1H3. The molecule has 2 aromatic rings. The summed E-state index contributed by atoms with van der Waals surface area (Å²) >= 11 is 0. The predicted octanol–water partition coefficient (Wildman–Crippen LogP) is 3.62. The van der Waals surface area contributed by atoms with Gasteiger partial charge in [-0.2, -0.15) is 5.10 Å². The Labute approximate surface area is 96.3 Å². The van der Waals surface area contributed by atoms with E-state index in [0.717, 1.165) is 5.92 Å². The van der Waals surface area contributed by atoms with Crippen LogP contribution in [-0.2, 0) is 7.05 Å². The summed E-state index contributed by atoms with van der Waals surface area (Å²) in [6.45, 7) is 0. The van der Waals surface area contributed by atoms with Gasteiger partial charge in [-0.05, 0) is 30.4 Å². The number of hydrogen-bond acceptors (Lipinski definition) is 1. The summed E-state index contributed by atoms with van der Waals surface area (Å²) in [6.07, 6.45) is 8.89. The molecule has 1 aromatic heterocycles. The summed E-state index contributed by atoms with van der Waals surface area (Å²) in [4.78, 5) is 0. The van der Waals surface area contributed by atoms with Crippen LogP contribution in [0.15, 0.2) is 24.4 Å². The fourth-order valence-corrected chi connectivity index (χ4v) is 2.85. The van der Waals surface area contributed by atoms with E-state index in [1.807, 2.05) is 17.9 Å². The Balaban J connectivity index is 1.99. The topological polar surface area (TPSA) is 17.8 Å². The van der Waals surface area contributed by atoms with E-state index in [9.17, 15) is 0 Å². The zero-order chi connectivity index (χ0) is 11.0. The lowest BCUT2D eigenvalue weighted by atomic mass is 9.84. The van der Waals surface area contributed by atoms with E-state index in [1.54, 1.807) is 0 Å². The molecular formula is C14H18N2. The van der Waals surface area contributed by atoms with Crippen molar-refractivity contribution in [2.24, 2.45) is 7.05 Å². The van der Waals surface area contributed by atoms with Crippen LogP contribution >= 0.6 is 0 Å². The minimum Gasteiger partial charge on any atom is -0.268 e. The van der Waals surface area contributed by atoms with E-state index < -0.39 is 0 Å². The normalized spacial score (nSPS) is 18.1.